The van der Waals surface area contributed by atoms with Crippen LogP contribution in [-0.4, -0.2) is 14.4 Å². The van der Waals surface area contributed by atoms with E-state index in [4.69, 9.17) is 4.43 Å². The standard InChI is InChI=1S/C14H27IOSi/c1-5-6-9-14(10-7-11-14)13(8-12-15)16-17(2,3)4/h8,12-13H,5-7,9-11H2,1-4H3. The highest BCUT2D eigenvalue weighted by molar-refractivity contribution is 14.1. The average Bonchev–Trinajstić information content (AvgIpc) is 2.14. The molecule has 0 aromatic heterocycles. The zero-order chi connectivity index (χ0) is 12.9. The first-order valence-electron chi connectivity index (χ1n) is 6.88. The molecule has 0 spiro atoms. The Labute approximate surface area is 122 Å². The second-order valence-electron chi connectivity index (χ2n) is 6.29. The van der Waals surface area contributed by atoms with Crippen LogP contribution in [0.4, 0.5) is 0 Å². The summed E-state index contributed by atoms with van der Waals surface area (Å²) >= 11 is 2.33. The van der Waals surface area contributed by atoms with Crippen molar-refractivity contribution in [2.24, 2.45) is 5.41 Å². The minimum Gasteiger partial charge on any atom is -0.411 e. The molecule has 17 heavy (non-hydrogen) atoms. The van der Waals surface area contributed by atoms with Crippen molar-refractivity contribution < 1.29 is 4.43 Å². The van der Waals surface area contributed by atoms with Gasteiger partial charge in [-0.25, -0.2) is 0 Å². The van der Waals surface area contributed by atoms with E-state index in [0.29, 0.717) is 11.5 Å². The fourth-order valence-corrected chi connectivity index (χ4v) is 4.12. The van der Waals surface area contributed by atoms with Crippen molar-refractivity contribution in [3.8, 4) is 0 Å². The first-order valence-corrected chi connectivity index (χ1v) is 11.5. The van der Waals surface area contributed by atoms with Crippen LogP contribution in [0.15, 0.2) is 10.2 Å². The van der Waals surface area contributed by atoms with Gasteiger partial charge in [0.2, 0.25) is 0 Å². The molecule has 0 aliphatic heterocycles. The predicted molar refractivity (Wildman–Crippen MR) is 87.2 cm³/mol. The molecule has 1 saturated carbocycles. The topological polar surface area (TPSA) is 9.23 Å². The van der Waals surface area contributed by atoms with Gasteiger partial charge in [0, 0.05) is 0 Å². The van der Waals surface area contributed by atoms with E-state index in [0.717, 1.165) is 0 Å². The second kappa shape index (κ2) is 6.71. The summed E-state index contributed by atoms with van der Waals surface area (Å²) in [6.07, 6.45) is 10.8. The maximum atomic E-state index is 6.43. The minimum absolute atomic E-state index is 0.367. The van der Waals surface area contributed by atoms with E-state index in [1.807, 2.05) is 0 Å². The van der Waals surface area contributed by atoms with E-state index >= 15 is 0 Å². The Hall–Kier alpha value is 0.647. The van der Waals surface area contributed by atoms with Crippen LogP contribution >= 0.6 is 22.6 Å². The lowest BCUT2D eigenvalue weighted by atomic mass is 9.62. The Morgan fingerprint density at radius 1 is 1.35 bits per heavy atom. The lowest BCUT2D eigenvalue weighted by Gasteiger charge is -2.48. The van der Waals surface area contributed by atoms with Crippen LogP contribution in [0.5, 0.6) is 0 Å². The van der Waals surface area contributed by atoms with Crippen LogP contribution in [0.2, 0.25) is 19.6 Å². The third-order valence-electron chi connectivity index (χ3n) is 3.71. The van der Waals surface area contributed by atoms with Gasteiger partial charge >= 0.3 is 0 Å². The van der Waals surface area contributed by atoms with Crippen molar-refractivity contribution in [2.75, 3.05) is 0 Å². The van der Waals surface area contributed by atoms with Crippen molar-refractivity contribution >= 4 is 30.9 Å². The van der Waals surface area contributed by atoms with Gasteiger partial charge in [0.25, 0.3) is 0 Å². The molecule has 0 heterocycles. The molecule has 1 fully saturated rings. The van der Waals surface area contributed by atoms with E-state index in [1.54, 1.807) is 0 Å². The molecule has 0 radical (unpaired) electrons. The molecule has 1 unspecified atom stereocenters. The van der Waals surface area contributed by atoms with E-state index in [2.05, 4.69) is 59.3 Å². The maximum Gasteiger partial charge on any atom is 0.184 e. The highest BCUT2D eigenvalue weighted by atomic mass is 127. The van der Waals surface area contributed by atoms with E-state index < -0.39 is 8.32 Å². The minimum atomic E-state index is -1.44. The average molecular weight is 366 g/mol. The molecule has 1 atom stereocenters. The molecule has 1 nitrogen and oxygen atoms in total. The van der Waals surface area contributed by atoms with E-state index in [1.165, 1.54) is 38.5 Å². The van der Waals surface area contributed by atoms with Crippen LogP contribution in [0.1, 0.15) is 45.4 Å². The van der Waals surface area contributed by atoms with Crippen LogP contribution < -0.4 is 0 Å². The summed E-state index contributed by atoms with van der Waals surface area (Å²) in [6, 6.07) is 0. The van der Waals surface area contributed by atoms with Gasteiger partial charge in [-0.3, -0.25) is 0 Å². The predicted octanol–water partition coefficient (Wildman–Crippen LogP) is 5.52. The quantitative estimate of drug-likeness (QED) is 0.426. The van der Waals surface area contributed by atoms with Gasteiger partial charge in [-0.1, -0.05) is 54.9 Å². The molecular weight excluding hydrogens is 339 g/mol. The molecule has 100 valence electrons. The maximum absolute atomic E-state index is 6.43. The molecule has 1 rings (SSSR count). The first-order chi connectivity index (χ1) is 7.93. The zero-order valence-corrected chi connectivity index (χ0v) is 14.9. The number of hydrogen-bond donors (Lipinski definition) is 0. The van der Waals surface area contributed by atoms with Crippen molar-refractivity contribution in [2.45, 2.75) is 71.2 Å². The Morgan fingerprint density at radius 3 is 2.35 bits per heavy atom. The molecule has 0 aromatic carbocycles. The van der Waals surface area contributed by atoms with Crippen molar-refractivity contribution in [1.29, 1.82) is 0 Å². The molecular formula is C14H27IOSi. The molecule has 0 bridgehead atoms. The van der Waals surface area contributed by atoms with Gasteiger partial charge in [-0.15, -0.1) is 0 Å². The van der Waals surface area contributed by atoms with Crippen molar-refractivity contribution in [3.63, 3.8) is 0 Å². The normalized spacial score (nSPS) is 21.5. The molecule has 0 aromatic rings. The Morgan fingerprint density at radius 2 is 2.00 bits per heavy atom. The largest absolute Gasteiger partial charge is 0.411 e. The highest BCUT2D eigenvalue weighted by Gasteiger charge is 2.44. The summed E-state index contributed by atoms with van der Waals surface area (Å²) in [5.74, 6) is 0. The summed E-state index contributed by atoms with van der Waals surface area (Å²) in [4.78, 5) is 0. The van der Waals surface area contributed by atoms with Gasteiger partial charge in [0.05, 0.1) is 6.10 Å². The lowest BCUT2D eigenvalue weighted by Crippen LogP contribution is -2.46. The van der Waals surface area contributed by atoms with Crippen molar-refractivity contribution in [3.05, 3.63) is 10.2 Å². The van der Waals surface area contributed by atoms with Crippen LogP contribution in [0.3, 0.4) is 0 Å². The molecule has 0 saturated heterocycles. The fraction of sp³-hybridized carbons (Fsp3) is 0.857. The van der Waals surface area contributed by atoms with Gasteiger partial charge < -0.3 is 4.43 Å². The summed E-state index contributed by atoms with van der Waals surface area (Å²) in [6.45, 7) is 9.18. The third kappa shape index (κ3) is 4.67. The van der Waals surface area contributed by atoms with Crippen LogP contribution in [0.25, 0.3) is 0 Å². The van der Waals surface area contributed by atoms with Gasteiger partial charge in [-0.2, -0.15) is 0 Å². The number of rotatable bonds is 7. The fourth-order valence-electron chi connectivity index (χ4n) is 2.65. The Bertz CT molecular complexity index is 253. The zero-order valence-electron chi connectivity index (χ0n) is 11.8. The number of hydrogen-bond acceptors (Lipinski definition) is 1. The van der Waals surface area contributed by atoms with Crippen LogP contribution in [-0.2, 0) is 4.43 Å². The molecule has 0 amide bonds. The summed E-state index contributed by atoms with van der Waals surface area (Å²) in [7, 11) is -1.44. The third-order valence-corrected chi connectivity index (χ3v) is 5.09. The lowest BCUT2D eigenvalue weighted by molar-refractivity contribution is -0.00330. The van der Waals surface area contributed by atoms with Crippen molar-refractivity contribution in [1.82, 2.24) is 0 Å². The number of halogens is 1. The monoisotopic (exact) mass is 366 g/mol. The first kappa shape index (κ1) is 15.7. The van der Waals surface area contributed by atoms with Gasteiger partial charge in [0.1, 0.15) is 0 Å². The SMILES string of the molecule is CCCCC1(C(C=CI)O[Si](C)(C)C)CCC1. The summed E-state index contributed by atoms with van der Waals surface area (Å²) < 4.78 is 8.58. The Balaban J connectivity index is 2.72. The molecule has 0 N–H and O–H groups in total. The molecule has 1 aliphatic carbocycles. The Kier molecular flexibility index (Phi) is 6.20. The van der Waals surface area contributed by atoms with Gasteiger partial charge in [-0.05, 0) is 48.4 Å². The molecule has 1 aliphatic rings. The van der Waals surface area contributed by atoms with Crippen LogP contribution in [0, 0.1) is 5.41 Å². The molecule has 3 heteroatoms. The summed E-state index contributed by atoms with van der Waals surface area (Å²) in [5.41, 5.74) is 0.470. The smallest absolute Gasteiger partial charge is 0.184 e. The van der Waals surface area contributed by atoms with Gasteiger partial charge in [0.15, 0.2) is 8.32 Å². The summed E-state index contributed by atoms with van der Waals surface area (Å²) in [5, 5.41) is 0. The second-order valence-corrected chi connectivity index (χ2v) is 11.5. The highest BCUT2D eigenvalue weighted by Crippen LogP contribution is 2.50. The van der Waals surface area contributed by atoms with E-state index in [-0.39, 0.29) is 0 Å². The van der Waals surface area contributed by atoms with E-state index in [9.17, 15) is 0 Å². The number of unbranched alkanes of at least 4 members (excludes halogenated alkanes) is 1.